The lowest BCUT2D eigenvalue weighted by Gasteiger charge is -2.41. The van der Waals surface area contributed by atoms with E-state index in [0.717, 1.165) is 10.6 Å². The number of aromatic nitrogens is 1. The van der Waals surface area contributed by atoms with E-state index in [9.17, 15) is 28.8 Å². The van der Waals surface area contributed by atoms with Crippen LogP contribution in [0.5, 0.6) is 0 Å². The number of nitrogens with two attached hydrogens (primary N) is 1. The fraction of sp³-hybridized carbons (Fsp3) is 0.737. The summed E-state index contributed by atoms with van der Waals surface area (Å²) in [6, 6.07) is 8.25. The molecule has 2 N–H and O–H groups in total. The summed E-state index contributed by atoms with van der Waals surface area (Å²) < 4.78 is 34.1. The molecule has 1 fully saturated rings. The monoisotopic (exact) mass is 1090 g/mol. The van der Waals surface area contributed by atoms with Crippen LogP contribution in [0.15, 0.2) is 41.9 Å². The van der Waals surface area contributed by atoms with Gasteiger partial charge in [-0.3, -0.25) is 28.8 Å². The Balaban J connectivity index is 1.64. The van der Waals surface area contributed by atoms with Crippen molar-refractivity contribution in [1.29, 1.82) is 0 Å². The zero-order valence-electron chi connectivity index (χ0n) is 47.8. The molecule has 76 heavy (non-hydrogen) atoms. The molecule has 430 valence electrons. The summed E-state index contributed by atoms with van der Waals surface area (Å²) in [6.07, 6.45) is 3.15. The highest BCUT2D eigenvalue weighted by Crippen LogP contribution is 2.33. The van der Waals surface area contributed by atoms with Crippen LogP contribution >= 0.6 is 11.3 Å². The molecule has 0 aliphatic carbocycles. The minimum atomic E-state index is -0.885. The maximum Gasteiger partial charge on any atom is 0.226 e. The number of Topliss-reactive ketones (excluding diaryl/α,β-unsaturated/α-hetero) is 3. The maximum absolute atomic E-state index is 14.7. The van der Waals surface area contributed by atoms with E-state index in [0.29, 0.717) is 78.5 Å². The third-order valence-electron chi connectivity index (χ3n) is 15.0. The molecule has 1 aromatic carbocycles. The lowest BCUT2D eigenvalue weighted by atomic mass is 9.82. The number of carbonyl (C=O) groups excluding carboxylic acids is 6. The topological polar surface area (TPSA) is 216 Å². The van der Waals surface area contributed by atoms with E-state index in [1.807, 2.05) is 77.3 Å². The minimum absolute atomic E-state index is 0.0319. The Labute approximate surface area is 457 Å². The first kappa shape index (κ1) is 66.2. The number of methoxy groups -OCH3 is 2. The smallest absolute Gasteiger partial charge is 0.226 e. The average molecular weight is 1090 g/mol. The molecule has 0 spiro atoms. The van der Waals surface area contributed by atoms with Crippen LogP contribution in [0.3, 0.4) is 0 Å². The minimum Gasteiger partial charge on any atom is -0.379 e. The number of likely N-dealkylation sites (tertiary alicyclic amines) is 1. The van der Waals surface area contributed by atoms with Crippen molar-refractivity contribution in [2.24, 2.45) is 41.4 Å². The highest BCUT2D eigenvalue weighted by atomic mass is 32.1. The van der Waals surface area contributed by atoms with Gasteiger partial charge in [0.05, 0.1) is 114 Å². The van der Waals surface area contributed by atoms with Crippen LogP contribution in [0.1, 0.15) is 117 Å². The van der Waals surface area contributed by atoms with Crippen molar-refractivity contribution in [1.82, 2.24) is 19.7 Å². The second kappa shape index (κ2) is 35.5. The van der Waals surface area contributed by atoms with Crippen molar-refractivity contribution < 1.29 is 62.0 Å². The van der Waals surface area contributed by atoms with Gasteiger partial charge in [-0.1, -0.05) is 85.2 Å². The summed E-state index contributed by atoms with van der Waals surface area (Å²) in [5, 5.41) is 2.75. The Morgan fingerprint density at radius 2 is 1.37 bits per heavy atom. The molecule has 2 aromatic rings. The predicted molar refractivity (Wildman–Crippen MR) is 292 cm³/mol. The van der Waals surface area contributed by atoms with Crippen LogP contribution in [0, 0.1) is 35.5 Å². The zero-order valence-corrected chi connectivity index (χ0v) is 48.6. The summed E-state index contributed by atoms with van der Waals surface area (Å²) in [5.74, 6) is 0.710. The second-order valence-corrected chi connectivity index (χ2v) is 21.9. The van der Waals surface area contributed by atoms with Gasteiger partial charge >= 0.3 is 0 Å². The van der Waals surface area contributed by atoms with E-state index in [1.165, 1.54) is 16.2 Å². The first-order valence-electron chi connectivity index (χ1n) is 27.4. The van der Waals surface area contributed by atoms with Crippen LogP contribution in [-0.4, -0.2) is 179 Å². The highest BCUT2D eigenvalue weighted by molar-refractivity contribution is 7.09. The molecule has 18 nitrogen and oxygen atoms in total. The largest absolute Gasteiger partial charge is 0.379 e. The van der Waals surface area contributed by atoms with Crippen LogP contribution in [0.4, 0.5) is 0 Å². The molecule has 1 aliphatic heterocycles. The number of benzene rings is 1. The third kappa shape index (κ3) is 20.6. The Morgan fingerprint density at radius 3 is 1.89 bits per heavy atom. The average Bonchev–Trinajstić information content (AvgIpc) is 4.13. The van der Waals surface area contributed by atoms with Crippen LogP contribution < -0.4 is 5.90 Å². The molecule has 1 aromatic heterocycles. The first-order valence-corrected chi connectivity index (χ1v) is 28.2. The van der Waals surface area contributed by atoms with Crippen LogP contribution in [0.2, 0.25) is 0 Å². The van der Waals surface area contributed by atoms with Gasteiger partial charge in [-0.25, -0.2) is 10.9 Å². The van der Waals surface area contributed by atoms with E-state index in [-0.39, 0.29) is 97.6 Å². The van der Waals surface area contributed by atoms with E-state index < -0.39 is 48.1 Å². The number of hydrogen-bond donors (Lipinski definition) is 1. The molecule has 0 saturated carbocycles. The molecule has 0 unspecified atom stereocenters. The van der Waals surface area contributed by atoms with Crippen LogP contribution in [0.25, 0.3) is 0 Å². The van der Waals surface area contributed by atoms with Crippen molar-refractivity contribution in [3.63, 3.8) is 0 Å². The third-order valence-corrected chi connectivity index (χ3v) is 16.0. The van der Waals surface area contributed by atoms with Gasteiger partial charge in [0.25, 0.3) is 0 Å². The Bertz CT molecular complexity index is 2010. The number of likely N-dealkylation sites (N-methyl/N-ethyl adjacent to an activating group) is 2. The van der Waals surface area contributed by atoms with E-state index in [1.54, 1.807) is 58.2 Å². The quantitative estimate of drug-likeness (QED) is 0.0422. The fourth-order valence-electron chi connectivity index (χ4n) is 10.5. The van der Waals surface area contributed by atoms with Gasteiger partial charge in [-0.15, -0.1) is 11.3 Å². The summed E-state index contributed by atoms with van der Waals surface area (Å²) in [4.78, 5) is 99.0. The molecule has 19 heteroatoms. The standard InChI is InChI=1S/C57H93N5O13S/c1-13-40(6)53(61(10)57(68)45(38(2)3)36-48(64)52(39(4)5)60(9)50(65)21-24-71-25-26-72-27-28-73-29-30-74-31-32-75-58)49(69-11)37-51(66)62-23-17-20-46(62)55(70-12)42(8)54(67)41(7)47(63)35-44(56-59-22-33-76-56)34-43-18-15-14-16-19-43/h14-16,18-19,22,33,38-42,44-46,49,52-53,55H,13,17,20-21,23-32,34-37,58H2,1-12H3/t40-,41-,42-,44+,45-,46-,49+,52-,53-,55+/m0/s1. The molecule has 3 amide bonds. The number of amides is 3. The van der Waals surface area contributed by atoms with Crippen molar-refractivity contribution in [2.75, 3.05) is 94.3 Å². The van der Waals surface area contributed by atoms with Gasteiger partial charge in [0.2, 0.25) is 17.7 Å². The highest BCUT2D eigenvalue weighted by Gasteiger charge is 2.44. The lowest BCUT2D eigenvalue weighted by Crippen LogP contribution is -2.54. The summed E-state index contributed by atoms with van der Waals surface area (Å²) in [5.41, 5.74) is 1.09. The number of nitrogens with zero attached hydrogens (tertiary/aromatic N) is 4. The number of rotatable bonds is 40. The maximum atomic E-state index is 14.7. The van der Waals surface area contributed by atoms with E-state index in [4.69, 9.17) is 34.3 Å². The fourth-order valence-corrected chi connectivity index (χ4v) is 11.2. The Kier molecular flexibility index (Phi) is 30.9. The Hall–Kier alpha value is -4.05. The number of carbonyl (C=O) groups is 6. The summed E-state index contributed by atoms with van der Waals surface area (Å²) in [7, 11) is 6.44. The number of hydrogen-bond acceptors (Lipinski definition) is 16. The predicted octanol–water partition coefficient (Wildman–Crippen LogP) is 6.62. The van der Waals surface area contributed by atoms with Gasteiger partial charge in [0, 0.05) is 77.0 Å². The zero-order chi connectivity index (χ0) is 56.3. The second-order valence-electron chi connectivity index (χ2n) is 20.9. The summed E-state index contributed by atoms with van der Waals surface area (Å²) >= 11 is 1.50. The molecule has 0 bridgehead atoms. The molecular weight excluding hydrogens is 995 g/mol. The molecule has 10 atom stereocenters. The Morgan fingerprint density at radius 1 is 0.763 bits per heavy atom. The number of ketones is 3. The van der Waals surface area contributed by atoms with Gasteiger partial charge in [0.15, 0.2) is 5.78 Å². The first-order chi connectivity index (χ1) is 36.3. The number of thiazole rings is 1. The molecule has 3 rings (SSSR count). The normalized spacial score (nSPS) is 17.4. The van der Waals surface area contributed by atoms with Gasteiger partial charge in [-0.05, 0) is 49.5 Å². The number of ether oxygens (including phenoxy) is 6. The SMILES string of the molecule is CC[C@H](C)[C@@H]([C@@H](CC(=O)N1CCC[C@H]1[C@H](OC)[C@@H](C)C(=O)[C@@H](C)C(=O)C[C@@H](Cc1ccccc1)c1nccs1)OC)N(C)C(=O)[C@@H](CC(=O)[C@H](C(C)C)N(C)C(=O)CCOCCOCCOCCOCCON)C(C)C. The molecule has 2 heterocycles. The summed E-state index contributed by atoms with van der Waals surface area (Å²) in [6.45, 7) is 18.7. The van der Waals surface area contributed by atoms with Crippen molar-refractivity contribution in [2.45, 2.75) is 143 Å². The molecule has 1 saturated heterocycles. The molecular formula is C57H93N5O13S. The lowest BCUT2D eigenvalue weighted by molar-refractivity contribution is -0.150. The molecule has 1 aliphatic rings. The van der Waals surface area contributed by atoms with Crippen LogP contribution in [-0.2, 0) is 68.4 Å². The van der Waals surface area contributed by atoms with Crippen molar-refractivity contribution >= 4 is 46.4 Å². The van der Waals surface area contributed by atoms with Gasteiger partial charge < -0.3 is 48.0 Å². The van der Waals surface area contributed by atoms with E-state index >= 15 is 0 Å². The van der Waals surface area contributed by atoms with Gasteiger partial charge in [-0.2, -0.15) is 0 Å². The van der Waals surface area contributed by atoms with Crippen molar-refractivity contribution in [3.05, 3.63) is 52.5 Å². The van der Waals surface area contributed by atoms with Gasteiger partial charge in [0.1, 0.15) is 11.6 Å². The van der Waals surface area contributed by atoms with Crippen molar-refractivity contribution in [3.8, 4) is 0 Å². The molecule has 0 radical (unpaired) electrons. The van der Waals surface area contributed by atoms with E-state index in [2.05, 4.69) is 9.82 Å².